The molecule has 1 aromatic rings. The Morgan fingerprint density at radius 3 is 2.36 bits per heavy atom. The van der Waals surface area contributed by atoms with E-state index in [4.69, 9.17) is 10.00 Å². The summed E-state index contributed by atoms with van der Waals surface area (Å²) in [5, 5.41) is 11.8. The summed E-state index contributed by atoms with van der Waals surface area (Å²) < 4.78 is 5.37. The number of rotatable bonds is 7. The number of amides is 1. The van der Waals surface area contributed by atoms with Crippen molar-refractivity contribution in [1.82, 2.24) is 5.32 Å². The zero-order valence-electron chi connectivity index (χ0n) is 13.5. The predicted octanol–water partition coefficient (Wildman–Crippen LogP) is 2.71. The van der Waals surface area contributed by atoms with Crippen LogP contribution in [0, 0.1) is 17.2 Å². The summed E-state index contributed by atoms with van der Waals surface area (Å²) in [5.41, 5.74) is -0.297. The van der Waals surface area contributed by atoms with Crippen molar-refractivity contribution in [2.24, 2.45) is 5.92 Å². The third-order valence-electron chi connectivity index (χ3n) is 3.65. The van der Waals surface area contributed by atoms with Crippen LogP contribution in [-0.4, -0.2) is 23.8 Å². The Morgan fingerprint density at radius 1 is 1.32 bits per heavy atom. The number of benzene rings is 1. The van der Waals surface area contributed by atoms with Gasteiger partial charge < -0.3 is 10.1 Å². The highest BCUT2D eigenvalue weighted by molar-refractivity contribution is 5.95. The van der Waals surface area contributed by atoms with Crippen molar-refractivity contribution in [3.63, 3.8) is 0 Å². The van der Waals surface area contributed by atoms with Crippen molar-refractivity contribution in [2.75, 3.05) is 6.61 Å². The second-order valence-electron chi connectivity index (χ2n) is 5.61. The van der Waals surface area contributed by atoms with E-state index in [0.717, 1.165) is 0 Å². The molecule has 0 aliphatic rings. The van der Waals surface area contributed by atoms with Gasteiger partial charge in [-0.1, -0.05) is 20.8 Å². The predicted molar refractivity (Wildman–Crippen MR) is 83.6 cm³/mol. The van der Waals surface area contributed by atoms with Gasteiger partial charge in [0.1, 0.15) is 11.3 Å². The van der Waals surface area contributed by atoms with Crippen LogP contribution in [0.2, 0.25) is 0 Å². The van der Waals surface area contributed by atoms with E-state index < -0.39 is 5.54 Å². The topological polar surface area (TPSA) is 79.2 Å². The number of carbonyl (C=O) groups is 2. The molecule has 0 heterocycles. The zero-order valence-corrected chi connectivity index (χ0v) is 13.5. The van der Waals surface area contributed by atoms with Crippen molar-refractivity contribution in [2.45, 2.75) is 39.7 Å². The molecular weight excluding hydrogens is 280 g/mol. The minimum Gasteiger partial charge on any atom is -0.484 e. The number of nitriles is 1. The highest BCUT2D eigenvalue weighted by Crippen LogP contribution is 2.16. The Kier molecular flexibility index (Phi) is 6.11. The average molecular weight is 302 g/mol. The number of hydrogen-bond acceptors (Lipinski definition) is 4. The van der Waals surface area contributed by atoms with Crippen LogP contribution in [0.3, 0.4) is 0 Å². The van der Waals surface area contributed by atoms with E-state index in [0.29, 0.717) is 17.7 Å². The number of nitrogens with zero attached hydrogens (tertiary/aromatic N) is 1. The number of carbonyl (C=O) groups excluding carboxylic acids is 2. The van der Waals surface area contributed by atoms with Gasteiger partial charge in [-0.15, -0.1) is 0 Å². The summed E-state index contributed by atoms with van der Waals surface area (Å²) in [7, 11) is 0. The molecule has 1 N–H and O–H groups in total. The number of Topliss-reactive ketones (excluding diaryl/α,β-unsaturated/α-hetero) is 1. The van der Waals surface area contributed by atoms with Gasteiger partial charge in [0.2, 0.25) is 0 Å². The number of ether oxygens (including phenoxy) is 1. The Hall–Kier alpha value is -2.35. The number of ketones is 1. The maximum Gasteiger partial charge on any atom is 0.259 e. The second-order valence-corrected chi connectivity index (χ2v) is 5.61. The molecule has 0 saturated carbocycles. The Morgan fingerprint density at radius 2 is 1.91 bits per heavy atom. The molecule has 0 aromatic heterocycles. The summed E-state index contributed by atoms with van der Waals surface area (Å²) in [4.78, 5) is 23.4. The fourth-order valence-electron chi connectivity index (χ4n) is 1.72. The lowest BCUT2D eigenvalue weighted by molar-refractivity contribution is -0.124. The third kappa shape index (κ3) is 4.59. The van der Waals surface area contributed by atoms with E-state index in [1.165, 1.54) is 0 Å². The molecule has 22 heavy (non-hydrogen) atoms. The van der Waals surface area contributed by atoms with Gasteiger partial charge in [-0.2, -0.15) is 5.26 Å². The molecule has 1 unspecified atom stereocenters. The molecule has 1 atom stereocenters. The molecular formula is C17H22N2O3. The molecule has 118 valence electrons. The molecule has 0 spiro atoms. The minimum atomic E-state index is -0.919. The van der Waals surface area contributed by atoms with Crippen LogP contribution in [-0.2, 0) is 4.79 Å². The summed E-state index contributed by atoms with van der Waals surface area (Å²) >= 11 is 0. The molecule has 0 saturated heterocycles. The Labute approximate surface area is 131 Å². The molecule has 0 aliphatic carbocycles. The van der Waals surface area contributed by atoms with Crippen molar-refractivity contribution < 1.29 is 14.3 Å². The highest BCUT2D eigenvalue weighted by atomic mass is 16.5. The molecule has 0 radical (unpaired) electrons. The van der Waals surface area contributed by atoms with Crippen molar-refractivity contribution in [3.8, 4) is 11.8 Å². The smallest absolute Gasteiger partial charge is 0.259 e. The largest absolute Gasteiger partial charge is 0.484 e. The van der Waals surface area contributed by atoms with Crippen LogP contribution in [0.15, 0.2) is 24.3 Å². The van der Waals surface area contributed by atoms with Crippen LogP contribution in [0.1, 0.15) is 44.5 Å². The van der Waals surface area contributed by atoms with Gasteiger partial charge in [-0.3, -0.25) is 9.59 Å². The van der Waals surface area contributed by atoms with Crippen molar-refractivity contribution >= 4 is 11.7 Å². The van der Waals surface area contributed by atoms with E-state index >= 15 is 0 Å². The van der Waals surface area contributed by atoms with Crippen LogP contribution < -0.4 is 10.1 Å². The first-order valence-corrected chi connectivity index (χ1v) is 7.30. The summed E-state index contributed by atoms with van der Waals surface area (Å²) in [6.07, 6.45) is 0.449. The van der Waals surface area contributed by atoms with Crippen molar-refractivity contribution in [3.05, 3.63) is 29.8 Å². The average Bonchev–Trinajstić information content (AvgIpc) is 2.52. The number of hydrogen-bond donors (Lipinski definition) is 1. The summed E-state index contributed by atoms with van der Waals surface area (Å²) in [6, 6.07) is 8.76. The molecule has 1 aromatic carbocycles. The van der Waals surface area contributed by atoms with Crippen molar-refractivity contribution in [1.29, 1.82) is 5.26 Å². The number of nitrogens with one attached hydrogen (secondary N) is 1. The van der Waals surface area contributed by atoms with E-state index in [1.807, 2.05) is 13.8 Å². The summed E-state index contributed by atoms with van der Waals surface area (Å²) in [5.74, 6) is 0.198. The van der Waals surface area contributed by atoms with E-state index in [1.54, 1.807) is 38.1 Å². The standard InChI is InChI=1S/C17H22N2O3/c1-5-15(20)13-6-8-14(9-7-13)22-10-16(21)19-17(4,11-18)12(2)3/h6-9,12H,5,10H2,1-4H3,(H,19,21). The molecule has 0 fully saturated rings. The van der Waals surface area contributed by atoms with Gasteiger partial charge in [0.15, 0.2) is 12.4 Å². The third-order valence-corrected chi connectivity index (χ3v) is 3.65. The lowest BCUT2D eigenvalue weighted by Gasteiger charge is -2.27. The van der Waals surface area contributed by atoms with Gasteiger partial charge in [-0.05, 0) is 37.1 Å². The van der Waals surface area contributed by atoms with Gasteiger partial charge in [-0.25, -0.2) is 0 Å². The fraction of sp³-hybridized carbons (Fsp3) is 0.471. The van der Waals surface area contributed by atoms with E-state index in [2.05, 4.69) is 11.4 Å². The minimum absolute atomic E-state index is 0.0132. The highest BCUT2D eigenvalue weighted by Gasteiger charge is 2.29. The molecule has 5 heteroatoms. The van der Waals surface area contributed by atoms with E-state index in [9.17, 15) is 9.59 Å². The lowest BCUT2D eigenvalue weighted by atomic mass is 9.90. The molecule has 1 amide bonds. The van der Waals surface area contributed by atoms with Crippen LogP contribution in [0.4, 0.5) is 0 Å². The van der Waals surface area contributed by atoms with Crippen LogP contribution in [0.25, 0.3) is 0 Å². The first-order chi connectivity index (χ1) is 10.3. The van der Waals surface area contributed by atoms with Gasteiger partial charge in [0.25, 0.3) is 5.91 Å². The van der Waals surface area contributed by atoms with E-state index in [-0.39, 0.29) is 24.2 Å². The Balaban J connectivity index is 2.58. The molecule has 0 bridgehead atoms. The first kappa shape index (κ1) is 17.7. The molecule has 0 aliphatic heterocycles. The molecule has 5 nitrogen and oxygen atoms in total. The monoisotopic (exact) mass is 302 g/mol. The van der Waals surface area contributed by atoms with Gasteiger partial charge in [0.05, 0.1) is 6.07 Å². The normalized spacial score (nSPS) is 13.1. The maximum atomic E-state index is 11.9. The lowest BCUT2D eigenvalue weighted by Crippen LogP contribution is -2.50. The quantitative estimate of drug-likeness (QED) is 0.785. The van der Waals surface area contributed by atoms with Gasteiger partial charge in [0, 0.05) is 12.0 Å². The first-order valence-electron chi connectivity index (χ1n) is 7.30. The van der Waals surface area contributed by atoms with Gasteiger partial charge >= 0.3 is 0 Å². The summed E-state index contributed by atoms with van der Waals surface area (Å²) in [6.45, 7) is 7.05. The zero-order chi connectivity index (χ0) is 16.8. The van der Waals surface area contributed by atoms with Crippen LogP contribution in [0.5, 0.6) is 5.75 Å². The fourth-order valence-corrected chi connectivity index (χ4v) is 1.72. The second kappa shape index (κ2) is 7.60. The molecule has 1 rings (SSSR count). The van der Waals surface area contributed by atoms with Crippen LogP contribution >= 0.6 is 0 Å². The Bertz CT molecular complexity index is 573. The SMILES string of the molecule is CCC(=O)c1ccc(OCC(=O)NC(C)(C#N)C(C)C)cc1. The maximum absolute atomic E-state index is 11.9.